The highest BCUT2D eigenvalue weighted by Crippen LogP contribution is 2.19. The molecule has 0 fully saturated rings. The zero-order chi connectivity index (χ0) is 13.8. The summed E-state index contributed by atoms with van der Waals surface area (Å²) < 4.78 is 20.2. The lowest BCUT2D eigenvalue weighted by Crippen LogP contribution is -2.11. The van der Waals surface area contributed by atoms with Gasteiger partial charge in [0, 0.05) is 6.04 Å². The van der Waals surface area contributed by atoms with E-state index >= 15 is 0 Å². The molecule has 0 saturated heterocycles. The topological polar surface area (TPSA) is 57.0 Å². The third-order valence-electron chi connectivity index (χ3n) is 2.59. The highest BCUT2D eigenvalue weighted by atomic mass is 19.1. The summed E-state index contributed by atoms with van der Waals surface area (Å²) in [6, 6.07) is 3.97. The molecular formula is C13H14FN3O2. The average Bonchev–Trinajstić information content (AvgIpc) is 2.85. The van der Waals surface area contributed by atoms with Crippen LogP contribution in [0.1, 0.15) is 36.1 Å². The van der Waals surface area contributed by atoms with Crippen molar-refractivity contribution in [1.82, 2.24) is 14.8 Å². The SMILES string of the molecule is CC(C)n1ncnc1COc1ccc(F)cc1C=O. The smallest absolute Gasteiger partial charge is 0.165 e. The van der Waals surface area contributed by atoms with Crippen molar-refractivity contribution in [3.8, 4) is 5.75 Å². The Morgan fingerprint density at radius 3 is 2.95 bits per heavy atom. The van der Waals surface area contributed by atoms with Crippen LogP contribution in [0.3, 0.4) is 0 Å². The summed E-state index contributed by atoms with van der Waals surface area (Å²) in [4.78, 5) is 14.9. The molecule has 0 aliphatic heterocycles. The largest absolute Gasteiger partial charge is 0.485 e. The van der Waals surface area contributed by atoms with E-state index in [0.29, 0.717) is 17.9 Å². The number of hydrogen-bond donors (Lipinski definition) is 0. The maximum absolute atomic E-state index is 13.0. The van der Waals surface area contributed by atoms with Gasteiger partial charge in [-0.25, -0.2) is 14.1 Å². The first-order chi connectivity index (χ1) is 9.11. The summed E-state index contributed by atoms with van der Waals surface area (Å²) in [5.74, 6) is 0.505. The molecule has 0 saturated carbocycles. The van der Waals surface area contributed by atoms with Crippen molar-refractivity contribution in [2.75, 3.05) is 0 Å². The van der Waals surface area contributed by atoms with Crippen molar-refractivity contribution in [2.45, 2.75) is 26.5 Å². The van der Waals surface area contributed by atoms with E-state index in [0.717, 1.165) is 6.07 Å². The molecular weight excluding hydrogens is 249 g/mol. The van der Waals surface area contributed by atoms with Gasteiger partial charge in [0.25, 0.3) is 0 Å². The second-order valence-corrected chi connectivity index (χ2v) is 4.30. The lowest BCUT2D eigenvalue weighted by Gasteiger charge is -2.11. The molecule has 1 aromatic heterocycles. The summed E-state index contributed by atoms with van der Waals surface area (Å²) in [5.41, 5.74) is 0.176. The van der Waals surface area contributed by atoms with Crippen LogP contribution < -0.4 is 4.74 Å². The Morgan fingerprint density at radius 1 is 1.47 bits per heavy atom. The maximum atomic E-state index is 13.0. The second-order valence-electron chi connectivity index (χ2n) is 4.30. The standard InChI is InChI=1S/C13H14FN3O2/c1-9(2)17-13(15-8-16-17)7-19-12-4-3-11(14)5-10(12)6-18/h3-6,8-9H,7H2,1-2H3. The number of nitrogens with zero attached hydrogens (tertiary/aromatic N) is 3. The minimum atomic E-state index is -0.472. The van der Waals surface area contributed by atoms with Crippen LogP contribution in [0.25, 0.3) is 0 Å². The number of aldehydes is 1. The first-order valence-corrected chi connectivity index (χ1v) is 5.87. The van der Waals surface area contributed by atoms with Gasteiger partial charge in [0.05, 0.1) is 5.56 Å². The zero-order valence-corrected chi connectivity index (χ0v) is 10.7. The number of benzene rings is 1. The number of carbonyl (C=O) groups excluding carboxylic acids is 1. The van der Waals surface area contributed by atoms with Gasteiger partial charge in [0.1, 0.15) is 24.5 Å². The number of halogens is 1. The minimum Gasteiger partial charge on any atom is -0.485 e. The van der Waals surface area contributed by atoms with E-state index < -0.39 is 5.82 Å². The highest BCUT2D eigenvalue weighted by molar-refractivity contribution is 5.79. The molecule has 6 heteroatoms. The van der Waals surface area contributed by atoms with Gasteiger partial charge >= 0.3 is 0 Å². The van der Waals surface area contributed by atoms with Crippen LogP contribution in [0.2, 0.25) is 0 Å². The summed E-state index contributed by atoms with van der Waals surface area (Å²) in [5, 5.41) is 4.08. The molecule has 0 aliphatic carbocycles. The Kier molecular flexibility index (Phi) is 3.89. The van der Waals surface area contributed by atoms with Gasteiger partial charge < -0.3 is 4.74 Å². The molecule has 0 N–H and O–H groups in total. The van der Waals surface area contributed by atoms with Gasteiger partial charge in [-0.2, -0.15) is 5.10 Å². The van der Waals surface area contributed by atoms with Crippen LogP contribution in [-0.4, -0.2) is 21.1 Å². The van der Waals surface area contributed by atoms with Crippen LogP contribution in [0.4, 0.5) is 4.39 Å². The van der Waals surface area contributed by atoms with E-state index in [-0.39, 0.29) is 18.2 Å². The summed E-state index contributed by atoms with van der Waals surface area (Å²) in [7, 11) is 0. The van der Waals surface area contributed by atoms with Crippen LogP contribution in [0, 0.1) is 5.82 Å². The Bertz CT molecular complexity index is 581. The predicted octanol–water partition coefficient (Wildman–Crippen LogP) is 2.39. The van der Waals surface area contributed by atoms with E-state index in [1.54, 1.807) is 4.68 Å². The van der Waals surface area contributed by atoms with Gasteiger partial charge in [-0.05, 0) is 32.0 Å². The molecule has 5 nitrogen and oxygen atoms in total. The maximum Gasteiger partial charge on any atom is 0.165 e. The van der Waals surface area contributed by atoms with E-state index in [1.165, 1.54) is 18.5 Å². The zero-order valence-electron chi connectivity index (χ0n) is 10.7. The molecule has 100 valence electrons. The average molecular weight is 263 g/mol. The van der Waals surface area contributed by atoms with Crippen molar-refractivity contribution in [3.63, 3.8) is 0 Å². The summed E-state index contributed by atoms with van der Waals surface area (Å²) >= 11 is 0. The monoisotopic (exact) mass is 263 g/mol. The molecule has 2 aromatic rings. The third-order valence-corrected chi connectivity index (χ3v) is 2.59. The number of aromatic nitrogens is 3. The fraction of sp³-hybridized carbons (Fsp3) is 0.308. The van der Waals surface area contributed by atoms with Crippen LogP contribution in [-0.2, 0) is 6.61 Å². The van der Waals surface area contributed by atoms with E-state index in [2.05, 4.69) is 10.1 Å². The molecule has 0 unspecified atom stereocenters. The Hall–Kier alpha value is -2.24. The molecule has 1 heterocycles. The molecule has 2 rings (SSSR count). The molecule has 19 heavy (non-hydrogen) atoms. The van der Waals surface area contributed by atoms with Crippen molar-refractivity contribution in [2.24, 2.45) is 0 Å². The Labute approximate surface area is 110 Å². The third kappa shape index (κ3) is 2.96. The van der Waals surface area contributed by atoms with Gasteiger partial charge in [0.2, 0.25) is 0 Å². The number of ether oxygens (including phenoxy) is 1. The van der Waals surface area contributed by atoms with Crippen molar-refractivity contribution in [3.05, 3.63) is 41.7 Å². The molecule has 0 bridgehead atoms. The quantitative estimate of drug-likeness (QED) is 0.777. The summed E-state index contributed by atoms with van der Waals surface area (Å²) in [6.45, 7) is 4.13. The number of carbonyl (C=O) groups is 1. The van der Waals surface area contributed by atoms with Gasteiger partial charge in [-0.1, -0.05) is 0 Å². The predicted molar refractivity (Wildman–Crippen MR) is 66.5 cm³/mol. The molecule has 0 radical (unpaired) electrons. The Morgan fingerprint density at radius 2 is 2.26 bits per heavy atom. The first-order valence-electron chi connectivity index (χ1n) is 5.87. The molecule has 1 aromatic carbocycles. The highest BCUT2D eigenvalue weighted by Gasteiger charge is 2.10. The molecule has 0 aliphatic rings. The molecule has 0 spiro atoms. The van der Waals surface area contributed by atoms with Crippen molar-refractivity contribution in [1.29, 1.82) is 0 Å². The number of rotatable bonds is 5. The van der Waals surface area contributed by atoms with E-state index in [9.17, 15) is 9.18 Å². The fourth-order valence-electron chi connectivity index (χ4n) is 1.69. The first kappa shape index (κ1) is 13.2. The normalized spacial score (nSPS) is 10.7. The number of hydrogen-bond acceptors (Lipinski definition) is 4. The lowest BCUT2D eigenvalue weighted by atomic mass is 10.2. The van der Waals surface area contributed by atoms with E-state index in [4.69, 9.17) is 4.74 Å². The minimum absolute atomic E-state index is 0.167. The van der Waals surface area contributed by atoms with Gasteiger partial charge in [0.15, 0.2) is 12.1 Å². The van der Waals surface area contributed by atoms with E-state index in [1.807, 2.05) is 13.8 Å². The summed E-state index contributed by atoms with van der Waals surface area (Å²) in [6.07, 6.45) is 2.01. The van der Waals surface area contributed by atoms with Gasteiger partial charge in [-0.3, -0.25) is 4.79 Å². The Balaban J connectivity index is 2.14. The molecule has 0 atom stereocenters. The van der Waals surface area contributed by atoms with Crippen LogP contribution >= 0.6 is 0 Å². The second kappa shape index (κ2) is 5.60. The van der Waals surface area contributed by atoms with Crippen LogP contribution in [0.5, 0.6) is 5.75 Å². The van der Waals surface area contributed by atoms with Crippen molar-refractivity contribution >= 4 is 6.29 Å². The van der Waals surface area contributed by atoms with Gasteiger partial charge in [-0.15, -0.1) is 0 Å². The van der Waals surface area contributed by atoms with Crippen LogP contribution in [0.15, 0.2) is 24.5 Å². The fourth-order valence-corrected chi connectivity index (χ4v) is 1.69. The lowest BCUT2D eigenvalue weighted by molar-refractivity contribution is 0.111. The molecule has 0 amide bonds. The van der Waals surface area contributed by atoms with Crippen molar-refractivity contribution < 1.29 is 13.9 Å².